The summed E-state index contributed by atoms with van der Waals surface area (Å²) in [6, 6.07) is 0. The summed E-state index contributed by atoms with van der Waals surface area (Å²) in [5.41, 5.74) is 0. The molecule has 0 aliphatic carbocycles. The molecule has 0 saturated heterocycles. The molecule has 0 rings (SSSR count). The van der Waals surface area contributed by atoms with Crippen molar-refractivity contribution in [2.45, 2.75) is 329 Å². The maximum Gasteiger partial charge on any atom is 0.472 e. The summed E-state index contributed by atoms with van der Waals surface area (Å²) in [4.78, 5) is 73.2. The Kier molecular flexibility index (Phi) is 76.9. The first-order chi connectivity index (χ1) is 53.7. The Morgan fingerprint density at radius 3 is 0.773 bits per heavy atom. The molecular weight excluding hydrogens is 1430 g/mol. The topological polar surface area (TPSA) is 237 Å². The fraction of sp³-hybridized carbons (Fsp3) is 0.626. The number of hydrogen-bond acceptors (Lipinski definition) is 15. The molecular formula is C91H148O17P2. The SMILES string of the molecule is CC/C=C\C/C=C\C/C=C\C/C=C\C/C=C\CCCCCC(=O)OCC(COP(=O)(O)OCC(O)COP(=O)(O)OCC(COC(=O)CCCCCCCC/C=C\C/C=C\C/C=C\CCCCC)OC(=O)CCCCCCC/C=C\C/C=C\CCCCC)OC(=O)CCC/C=C\C/C=C\C/C=C\C/C=C\C/C=C\CC. The summed E-state index contributed by atoms with van der Waals surface area (Å²) in [6.45, 7) is 4.46. The molecule has 0 fully saturated rings. The molecule has 3 N–H and O–H groups in total. The van der Waals surface area contributed by atoms with E-state index in [1.807, 2.05) is 12.2 Å². The third kappa shape index (κ3) is 80.2. The van der Waals surface area contributed by atoms with Gasteiger partial charge in [-0.3, -0.25) is 37.3 Å². The van der Waals surface area contributed by atoms with Gasteiger partial charge in [-0.2, -0.15) is 0 Å². The summed E-state index contributed by atoms with van der Waals surface area (Å²) < 4.78 is 68.7. The highest BCUT2D eigenvalue weighted by atomic mass is 31.2. The Morgan fingerprint density at radius 1 is 0.264 bits per heavy atom. The van der Waals surface area contributed by atoms with E-state index in [0.717, 1.165) is 186 Å². The average molecular weight is 1580 g/mol. The summed E-state index contributed by atoms with van der Waals surface area (Å²) in [5, 5.41) is 10.7. The Bertz CT molecular complexity index is 2800. The minimum atomic E-state index is -5.02. The van der Waals surface area contributed by atoms with E-state index in [0.29, 0.717) is 32.1 Å². The van der Waals surface area contributed by atoms with Crippen molar-refractivity contribution in [1.29, 1.82) is 0 Å². The molecule has 19 heteroatoms. The molecule has 624 valence electrons. The van der Waals surface area contributed by atoms with Crippen LogP contribution in [0.1, 0.15) is 310 Å². The van der Waals surface area contributed by atoms with Crippen LogP contribution in [-0.4, -0.2) is 96.7 Å². The number of ether oxygens (including phenoxy) is 4. The molecule has 0 aromatic heterocycles. The van der Waals surface area contributed by atoms with Gasteiger partial charge >= 0.3 is 39.5 Å². The predicted octanol–water partition coefficient (Wildman–Crippen LogP) is 25.1. The molecule has 0 aliphatic heterocycles. The summed E-state index contributed by atoms with van der Waals surface area (Å²) in [6.07, 6.45) is 98.6. The standard InChI is InChI=1S/C91H148O17P2/c1-5-9-13-17-21-25-29-33-37-40-42-45-48-51-55-59-63-67-71-75-88(93)101-81-86(107-90(95)77-73-69-65-61-57-53-47-36-32-28-24-20-16-12-8-4)83-105-109(97,98)103-79-85(92)80-104-110(99,100)106-84-87(108-91(96)78-74-70-66-62-58-54-50-44-39-35-31-27-23-19-15-11-7-3)82-102-89(94)76-72-68-64-60-56-52-49-46-43-41-38-34-30-26-22-18-14-10-6-2/h10-11,14-15,21-28,33-39,42-43,45-47,50,52,54,56,62,66,85-87,92H,5-9,12-13,16-20,29-32,40-41,44,48-49,51,53,55,57-61,63-65,67-84H2,1-4H3,(H,97,98)(H,99,100)/b14-10-,15-11-,25-21-,26-22-,27-23-,28-24-,37-33-,38-34-,39-35-,45-42-,46-43-,47-36-,54-50-,56-52-,66-62-. The lowest BCUT2D eigenvalue weighted by molar-refractivity contribution is -0.161. The van der Waals surface area contributed by atoms with Crippen molar-refractivity contribution in [2.24, 2.45) is 0 Å². The van der Waals surface area contributed by atoms with Crippen LogP contribution in [0.5, 0.6) is 0 Å². The lowest BCUT2D eigenvalue weighted by Crippen LogP contribution is -2.30. The van der Waals surface area contributed by atoms with Gasteiger partial charge in [0.05, 0.1) is 26.4 Å². The van der Waals surface area contributed by atoms with Gasteiger partial charge < -0.3 is 33.8 Å². The van der Waals surface area contributed by atoms with Gasteiger partial charge in [-0.25, -0.2) is 9.13 Å². The molecule has 5 unspecified atom stereocenters. The van der Waals surface area contributed by atoms with Gasteiger partial charge in [0.1, 0.15) is 19.3 Å². The second-order valence-corrected chi connectivity index (χ2v) is 30.2. The number of hydrogen-bond donors (Lipinski definition) is 3. The van der Waals surface area contributed by atoms with Crippen molar-refractivity contribution in [2.75, 3.05) is 39.6 Å². The molecule has 0 aromatic rings. The monoisotopic (exact) mass is 1580 g/mol. The number of aliphatic hydroxyl groups is 1. The highest BCUT2D eigenvalue weighted by molar-refractivity contribution is 7.47. The first-order valence-corrected chi connectivity index (χ1v) is 45.0. The van der Waals surface area contributed by atoms with Crippen LogP contribution in [0, 0.1) is 0 Å². The summed E-state index contributed by atoms with van der Waals surface area (Å²) >= 11 is 0. The third-order valence-electron chi connectivity index (χ3n) is 16.8. The lowest BCUT2D eigenvalue weighted by atomic mass is 10.1. The van der Waals surface area contributed by atoms with E-state index in [2.05, 4.69) is 198 Å². The van der Waals surface area contributed by atoms with Crippen LogP contribution in [0.4, 0.5) is 0 Å². The van der Waals surface area contributed by atoms with Crippen LogP contribution in [0.15, 0.2) is 182 Å². The fourth-order valence-electron chi connectivity index (χ4n) is 10.5. The van der Waals surface area contributed by atoms with E-state index in [4.69, 9.17) is 37.0 Å². The van der Waals surface area contributed by atoms with Gasteiger partial charge in [0, 0.05) is 25.7 Å². The van der Waals surface area contributed by atoms with Crippen molar-refractivity contribution >= 4 is 39.5 Å². The van der Waals surface area contributed by atoms with Crippen molar-refractivity contribution in [3.8, 4) is 0 Å². The van der Waals surface area contributed by atoms with Gasteiger partial charge in [-0.05, 0) is 180 Å². The van der Waals surface area contributed by atoms with Gasteiger partial charge in [-0.1, -0.05) is 287 Å². The Balaban J connectivity index is 5.49. The Hall–Kier alpha value is -5.84. The molecule has 0 spiro atoms. The van der Waals surface area contributed by atoms with Gasteiger partial charge in [0.15, 0.2) is 12.2 Å². The van der Waals surface area contributed by atoms with E-state index in [-0.39, 0.29) is 25.7 Å². The molecule has 110 heavy (non-hydrogen) atoms. The minimum absolute atomic E-state index is 0.00137. The zero-order valence-electron chi connectivity index (χ0n) is 68.4. The zero-order chi connectivity index (χ0) is 80.3. The molecule has 5 atom stereocenters. The van der Waals surface area contributed by atoms with Crippen molar-refractivity contribution in [3.05, 3.63) is 182 Å². The van der Waals surface area contributed by atoms with Crippen molar-refractivity contribution in [1.82, 2.24) is 0 Å². The summed E-state index contributed by atoms with van der Waals surface area (Å²) in [7, 11) is -10.0. The largest absolute Gasteiger partial charge is 0.472 e. The maximum absolute atomic E-state index is 13.1. The molecule has 0 saturated carbocycles. The quantitative estimate of drug-likeness (QED) is 0.0169. The smallest absolute Gasteiger partial charge is 0.462 e. The number of allylic oxidation sites excluding steroid dienone is 30. The van der Waals surface area contributed by atoms with Gasteiger partial charge in [0.2, 0.25) is 0 Å². The number of rotatable bonds is 77. The number of phosphoric ester groups is 2. The Labute approximate surface area is 666 Å². The molecule has 0 aromatic carbocycles. The number of aliphatic hydroxyl groups excluding tert-OH is 1. The number of carbonyl (C=O) groups is 4. The molecule has 0 aliphatic rings. The highest BCUT2D eigenvalue weighted by Gasteiger charge is 2.30. The third-order valence-corrected chi connectivity index (χ3v) is 18.7. The number of esters is 4. The van der Waals surface area contributed by atoms with Crippen LogP contribution in [-0.2, 0) is 65.4 Å². The average Bonchev–Trinajstić information content (AvgIpc) is 0.906. The van der Waals surface area contributed by atoms with Crippen LogP contribution in [0.25, 0.3) is 0 Å². The summed E-state index contributed by atoms with van der Waals surface area (Å²) in [5.74, 6) is -2.32. The van der Waals surface area contributed by atoms with Gasteiger partial charge in [-0.15, -0.1) is 0 Å². The second kappa shape index (κ2) is 81.2. The first kappa shape index (κ1) is 104. The number of phosphoric acid groups is 2. The molecule has 0 heterocycles. The van der Waals surface area contributed by atoms with E-state index in [9.17, 15) is 43.2 Å². The predicted molar refractivity (Wildman–Crippen MR) is 454 cm³/mol. The van der Waals surface area contributed by atoms with E-state index >= 15 is 0 Å². The molecule has 0 bridgehead atoms. The minimum Gasteiger partial charge on any atom is -0.462 e. The molecule has 17 nitrogen and oxygen atoms in total. The zero-order valence-corrected chi connectivity index (χ0v) is 70.1. The van der Waals surface area contributed by atoms with Crippen molar-refractivity contribution < 1.29 is 80.2 Å². The van der Waals surface area contributed by atoms with Crippen LogP contribution in [0.2, 0.25) is 0 Å². The number of unbranched alkanes of at least 4 members (excludes halogenated alkanes) is 21. The second-order valence-electron chi connectivity index (χ2n) is 27.3. The maximum atomic E-state index is 13.1. The normalized spacial score (nSPS) is 14.7. The molecule has 0 amide bonds. The lowest BCUT2D eigenvalue weighted by Gasteiger charge is -2.21. The van der Waals surface area contributed by atoms with E-state index in [1.54, 1.807) is 0 Å². The molecule has 0 radical (unpaired) electrons. The van der Waals surface area contributed by atoms with Crippen LogP contribution < -0.4 is 0 Å². The van der Waals surface area contributed by atoms with Gasteiger partial charge in [0.25, 0.3) is 0 Å². The fourth-order valence-corrected chi connectivity index (χ4v) is 12.1. The van der Waals surface area contributed by atoms with Crippen molar-refractivity contribution in [3.63, 3.8) is 0 Å². The highest BCUT2D eigenvalue weighted by Crippen LogP contribution is 2.45. The Morgan fingerprint density at radius 2 is 0.482 bits per heavy atom. The number of carbonyl (C=O) groups excluding carboxylic acids is 4. The first-order valence-electron chi connectivity index (χ1n) is 42.0. The van der Waals surface area contributed by atoms with Crippen LogP contribution >= 0.6 is 15.6 Å². The van der Waals surface area contributed by atoms with E-state index in [1.165, 1.54) is 38.5 Å². The van der Waals surface area contributed by atoms with E-state index < -0.39 is 97.5 Å². The van der Waals surface area contributed by atoms with Crippen LogP contribution in [0.3, 0.4) is 0 Å².